The molecule has 1 aromatic heterocycles. The fourth-order valence-electron chi connectivity index (χ4n) is 1.92. The Labute approximate surface area is 83.2 Å². The van der Waals surface area contributed by atoms with Crippen LogP contribution in [0.25, 0.3) is 0 Å². The number of nitrogens with one attached hydrogen (secondary N) is 1. The first-order valence-electron chi connectivity index (χ1n) is 4.91. The largest absolute Gasteiger partial charge is 0.368 e. The molecule has 0 saturated heterocycles. The van der Waals surface area contributed by atoms with Crippen molar-refractivity contribution >= 4 is 11.9 Å². The van der Waals surface area contributed by atoms with Crippen molar-refractivity contribution in [2.24, 2.45) is 0 Å². The minimum atomic E-state index is 0.133. The number of hydrogen-bond donors (Lipinski definition) is 2. The van der Waals surface area contributed by atoms with Gasteiger partial charge in [-0.25, -0.2) is 9.97 Å². The van der Waals surface area contributed by atoms with Crippen LogP contribution in [0.1, 0.15) is 32.6 Å². The molecule has 0 aliphatic heterocycles. The summed E-state index contributed by atoms with van der Waals surface area (Å²) in [6, 6.07) is 0. The Kier molecular flexibility index (Phi) is 2.23. The standard InChI is InChI=1S/C9H15N5/c1-9(4-2-3-5-9)14-8-12-6-11-7(10)13-8/h6H,2-5H2,1H3,(H3,10,11,12,13,14). The summed E-state index contributed by atoms with van der Waals surface area (Å²) in [7, 11) is 0. The van der Waals surface area contributed by atoms with Gasteiger partial charge in [-0.2, -0.15) is 4.98 Å². The van der Waals surface area contributed by atoms with Crippen molar-refractivity contribution in [3.63, 3.8) is 0 Å². The minimum absolute atomic E-state index is 0.133. The zero-order valence-corrected chi connectivity index (χ0v) is 8.32. The Hall–Kier alpha value is -1.39. The van der Waals surface area contributed by atoms with Crippen molar-refractivity contribution in [2.45, 2.75) is 38.1 Å². The molecule has 0 unspecified atom stereocenters. The highest BCUT2D eigenvalue weighted by atomic mass is 15.2. The van der Waals surface area contributed by atoms with Crippen molar-refractivity contribution in [1.29, 1.82) is 0 Å². The molecule has 0 radical (unpaired) electrons. The molecule has 1 fully saturated rings. The summed E-state index contributed by atoms with van der Waals surface area (Å²) in [5.74, 6) is 0.853. The van der Waals surface area contributed by atoms with Gasteiger partial charge < -0.3 is 11.1 Å². The Morgan fingerprint density at radius 2 is 2.07 bits per heavy atom. The second-order valence-corrected chi connectivity index (χ2v) is 4.06. The third-order valence-electron chi connectivity index (χ3n) is 2.71. The van der Waals surface area contributed by atoms with Crippen molar-refractivity contribution < 1.29 is 0 Å². The monoisotopic (exact) mass is 193 g/mol. The minimum Gasteiger partial charge on any atom is -0.368 e. The maximum Gasteiger partial charge on any atom is 0.227 e. The number of nitrogen functional groups attached to an aromatic ring is 1. The number of anilines is 2. The van der Waals surface area contributed by atoms with Crippen LogP contribution in [0.2, 0.25) is 0 Å². The molecule has 2 rings (SSSR count). The van der Waals surface area contributed by atoms with Crippen molar-refractivity contribution in [3.8, 4) is 0 Å². The van der Waals surface area contributed by atoms with Gasteiger partial charge in [0.05, 0.1) is 0 Å². The van der Waals surface area contributed by atoms with Crippen LogP contribution in [0, 0.1) is 0 Å². The summed E-state index contributed by atoms with van der Waals surface area (Å²) in [5, 5.41) is 3.32. The normalized spacial score (nSPS) is 19.5. The third kappa shape index (κ3) is 1.92. The van der Waals surface area contributed by atoms with Crippen LogP contribution in [0.15, 0.2) is 6.33 Å². The van der Waals surface area contributed by atoms with E-state index in [4.69, 9.17) is 5.73 Å². The second-order valence-electron chi connectivity index (χ2n) is 4.06. The van der Waals surface area contributed by atoms with Gasteiger partial charge in [0.2, 0.25) is 11.9 Å². The van der Waals surface area contributed by atoms with Gasteiger partial charge in [0, 0.05) is 5.54 Å². The fourth-order valence-corrected chi connectivity index (χ4v) is 1.92. The van der Waals surface area contributed by atoms with Crippen LogP contribution in [-0.2, 0) is 0 Å². The van der Waals surface area contributed by atoms with Gasteiger partial charge in [0.1, 0.15) is 6.33 Å². The molecule has 14 heavy (non-hydrogen) atoms. The summed E-state index contributed by atoms with van der Waals surface area (Å²) in [4.78, 5) is 11.8. The number of aromatic nitrogens is 3. The van der Waals surface area contributed by atoms with Gasteiger partial charge in [0.25, 0.3) is 0 Å². The summed E-state index contributed by atoms with van der Waals surface area (Å²) in [5.41, 5.74) is 5.61. The molecule has 76 valence electrons. The van der Waals surface area contributed by atoms with Crippen molar-refractivity contribution in [2.75, 3.05) is 11.1 Å². The molecule has 1 aliphatic carbocycles. The lowest BCUT2D eigenvalue weighted by Gasteiger charge is -2.24. The molecule has 1 aromatic rings. The fraction of sp³-hybridized carbons (Fsp3) is 0.667. The highest BCUT2D eigenvalue weighted by Gasteiger charge is 2.28. The molecule has 0 aromatic carbocycles. The summed E-state index contributed by atoms with van der Waals surface area (Å²) >= 11 is 0. The molecule has 5 nitrogen and oxygen atoms in total. The molecule has 0 atom stereocenters. The quantitative estimate of drug-likeness (QED) is 0.738. The Bertz CT molecular complexity index is 319. The highest BCUT2D eigenvalue weighted by molar-refractivity contribution is 5.32. The zero-order valence-electron chi connectivity index (χ0n) is 8.32. The van der Waals surface area contributed by atoms with Crippen LogP contribution in [0.4, 0.5) is 11.9 Å². The maximum absolute atomic E-state index is 5.47. The molecule has 0 spiro atoms. The maximum atomic E-state index is 5.47. The van der Waals surface area contributed by atoms with Gasteiger partial charge in [-0.15, -0.1) is 0 Å². The van der Waals surface area contributed by atoms with Gasteiger partial charge in [-0.1, -0.05) is 12.8 Å². The second kappa shape index (κ2) is 3.40. The summed E-state index contributed by atoms with van der Waals surface area (Å²) in [6.07, 6.45) is 6.30. The Morgan fingerprint density at radius 3 is 2.71 bits per heavy atom. The van der Waals surface area contributed by atoms with E-state index in [-0.39, 0.29) is 11.5 Å². The van der Waals surface area contributed by atoms with E-state index in [0.717, 1.165) is 0 Å². The molecule has 0 bridgehead atoms. The predicted octanol–water partition coefficient (Wildman–Crippen LogP) is 1.20. The van der Waals surface area contributed by atoms with Crippen LogP contribution < -0.4 is 11.1 Å². The summed E-state index contributed by atoms with van der Waals surface area (Å²) < 4.78 is 0. The predicted molar refractivity (Wildman–Crippen MR) is 54.7 cm³/mol. The molecule has 1 saturated carbocycles. The zero-order chi connectivity index (χ0) is 10.0. The Morgan fingerprint density at radius 1 is 1.36 bits per heavy atom. The first-order valence-corrected chi connectivity index (χ1v) is 4.91. The third-order valence-corrected chi connectivity index (χ3v) is 2.71. The number of nitrogens with zero attached hydrogens (tertiary/aromatic N) is 3. The Balaban J connectivity index is 2.10. The molecule has 5 heteroatoms. The summed E-state index contributed by atoms with van der Waals surface area (Å²) in [6.45, 7) is 2.19. The van der Waals surface area contributed by atoms with Crippen molar-refractivity contribution in [3.05, 3.63) is 6.33 Å². The first kappa shape index (κ1) is 9.18. The van der Waals surface area contributed by atoms with Gasteiger partial charge in [-0.3, -0.25) is 0 Å². The van der Waals surface area contributed by atoms with E-state index in [0.29, 0.717) is 5.95 Å². The topological polar surface area (TPSA) is 76.7 Å². The van der Waals surface area contributed by atoms with E-state index >= 15 is 0 Å². The average Bonchev–Trinajstić information content (AvgIpc) is 2.51. The van der Waals surface area contributed by atoms with Crippen LogP contribution >= 0.6 is 0 Å². The molecular weight excluding hydrogens is 178 g/mol. The van der Waals surface area contributed by atoms with E-state index in [9.17, 15) is 0 Å². The van der Waals surface area contributed by atoms with Gasteiger partial charge in [-0.05, 0) is 19.8 Å². The van der Waals surface area contributed by atoms with Crippen molar-refractivity contribution in [1.82, 2.24) is 15.0 Å². The smallest absolute Gasteiger partial charge is 0.227 e. The molecular formula is C9H15N5. The molecule has 0 amide bonds. The lowest BCUT2D eigenvalue weighted by molar-refractivity contribution is 0.528. The highest BCUT2D eigenvalue weighted by Crippen LogP contribution is 2.31. The van der Waals surface area contributed by atoms with E-state index in [1.165, 1.54) is 32.0 Å². The van der Waals surface area contributed by atoms with Crippen LogP contribution in [-0.4, -0.2) is 20.5 Å². The molecule has 1 aliphatic rings. The van der Waals surface area contributed by atoms with E-state index in [1.807, 2.05) is 0 Å². The van der Waals surface area contributed by atoms with Gasteiger partial charge in [0.15, 0.2) is 0 Å². The lowest BCUT2D eigenvalue weighted by atomic mass is 10.0. The average molecular weight is 193 g/mol. The van der Waals surface area contributed by atoms with E-state index in [1.54, 1.807) is 0 Å². The van der Waals surface area contributed by atoms with E-state index in [2.05, 4.69) is 27.2 Å². The number of hydrogen-bond acceptors (Lipinski definition) is 5. The first-order chi connectivity index (χ1) is 6.68. The molecule has 1 heterocycles. The van der Waals surface area contributed by atoms with Gasteiger partial charge >= 0.3 is 0 Å². The number of nitrogens with two attached hydrogens (primary N) is 1. The van der Waals surface area contributed by atoms with Crippen LogP contribution in [0.3, 0.4) is 0 Å². The molecule has 3 N–H and O–H groups in total. The van der Waals surface area contributed by atoms with Crippen LogP contribution in [0.5, 0.6) is 0 Å². The number of rotatable bonds is 2. The lowest BCUT2D eigenvalue weighted by Crippen LogP contribution is -2.31. The SMILES string of the molecule is CC1(Nc2ncnc(N)n2)CCCC1. The van der Waals surface area contributed by atoms with E-state index < -0.39 is 0 Å².